The van der Waals surface area contributed by atoms with Crippen molar-refractivity contribution in [3.05, 3.63) is 59.9 Å². The van der Waals surface area contributed by atoms with Crippen LogP contribution in [0.3, 0.4) is 0 Å². The zero-order valence-electron chi connectivity index (χ0n) is 17.3. The van der Waals surface area contributed by atoms with Crippen molar-refractivity contribution in [1.29, 1.82) is 0 Å². The van der Waals surface area contributed by atoms with Gasteiger partial charge in [0, 0.05) is 19.6 Å². The van der Waals surface area contributed by atoms with Crippen molar-refractivity contribution in [3.63, 3.8) is 0 Å². The summed E-state index contributed by atoms with van der Waals surface area (Å²) in [6.45, 7) is 2.94. The SMILES string of the molecule is COc1ccc(OCC(=O)N2CCCC(C)(C(=O)NCc3cccc(F)c3)C2)cc1. The Kier molecular flexibility index (Phi) is 6.92. The molecule has 0 aliphatic carbocycles. The minimum Gasteiger partial charge on any atom is -0.497 e. The third-order valence-electron chi connectivity index (χ3n) is 5.36. The van der Waals surface area contributed by atoms with Crippen molar-refractivity contribution in [2.75, 3.05) is 26.8 Å². The molecule has 1 saturated heterocycles. The zero-order chi connectivity index (χ0) is 21.6. The van der Waals surface area contributed by atoms with E-state index >= 15 is 0 Å². The van der Waals surface area contributed by atoms with E-state index in [1.54, 1.807) is 48.4 Å². The van der Waals surface area contributed by atoms with Crippen LogP contribution in [-0.2, 0) is 16.1 Å². The van der Waals surface area contributed by atoms with Crippen molar-refractivity contribution in [1.82, 2.24) is 10.2 Å². The minimum atomic E-state index is -0.693. The largest absolute Gasteiger partial charge is 0.497 e. The summed E-state index contributed by atoms with van der Waals surface area (Å²) in [6, 6.07) is 13.2. The van der Waals surface area contributed by atoms with Gasteiger partial charge in [-0.05, 0) is 61.7 Å². The normalized spacial score (nSPS) is 18.6. The lowest BCUT2D eigenvalue weighted by Crippen LogP contribution is -2.52. The maximum absolute atomic E-state index is 13.3. The number of carbonyl (C=O) groups excluding carboxylic acids is 2. The Balaban J connectivity index is 1.53. The lowest BCUT2D eigenvalue weighted by molar-refractivity contribution is -0.142. The van der Waals surface area contributed by atoms with E-state index in [1.807, 2.05) is 6.92 Å². The number of methoxy groups -OCH3 is 1. The van der Waals surface area contributed by atoms with E-state index in [0.29, 0.717) is 36.6 Å². The lowest BCUT2D eigenvalue weighted by Gasteiger charge is -2.39. The summed E-state index contributed by atoms with van der Waals surface area (Å²) in [5.41, 5.74) is 0.00466. The molecule has 1 N–H and O–H groups in total. The van der Waals surface area contributed by atoms with Gasteiger partial charge in [-0.15, -0.1) is 0 Å². The summed E-state index contributed by atoms with van der Waals surface area (Å²) in [4.78, 5) is 27.1. The van der Waals surface area contributed by atoms with E-state index in [-0.39, 0.29) is 30.8 Å². The molecule has 2 aromatic rings. The molecular formula is C23H27FN2O4. The van der Waals surface area contributed by atoms with Crippen molar-refractivity contribution < 1.29 is 23.5 Å². The molecule has 1 atom stereocenters. The van der Waals surface area contributed by atoms with Gasteiger partial charge in [0.15, 0.2) is 6.61 Å². The second-order valence-electron chi connectivity index (χ2n) is 7.76. The Bertz CT molecular complexity index is 887. The fourth-order valence-electron chi connectivity index (χ4n) is 3.59. The molecule has 7 heteroatoms. The molecule has 0 aromatic heterocycles. The molecule has 160 valence electrons. The van der Waals surface area contributed by atoms with E-state index < -0.39 is 5.41 Å². The molecule has 1 aliphatic heterocycles. The van der Waals surface area contributed by atoms with Crippen molar-refractivity contribution >= 4 is 11.8 Å². The highest BCUT2D eigenvalue weighted by molar-refractivity contribution is 5.84. The Morgan fingerprint density at radius 3 is 2.60 bits per heavy atom. The van der Waals surface area contributed by atoms with Gasteiger partial charge in [-0.3, -0.25) is 9.59 Å². The summed E-state index contributed by atoms with van der Waals surface area (Å²) in [6.07, 6.45) is 1.42. The van der Waals surface area contributed by atoms with Crippen LogP contribution in [0.25, 0.3) is 0 Å². The number of hydrogen-bond donors (Lipinski definition) is 1. The number of nitrogens with one attached hydrogen (secondary N) is 1. The Hall–Kier alpha value is -3.09. The average molecular weight is 414 g/mol. The molecule has 0 spiro atoms. The number of amides is 2. The van der Waals surface area contributed by atoms with Gasteiger partial charge in [0.25, 0.3) is 5.91 Å². The Morgan fingerprint density at radius 2 is 1.90 bits per heavy atom. The van der Waals surface area contributed by atoms with Crippen LogP contribution in [0.15, 0.2) is 48.5 Å². The minimum absolute atomic E-state index is 0.0900. The number of ether oxygens (including phenoxy) is 2. The summed E-state index contributed by atoms with van der Waals surface area (Å²) >= 11 is 0. The number of halogens is 1. The predicted octanol–water partition coefficient (Wildman–Crippen LogP) is 3.16. The van der Waals surface area contributed by atoms with E-state index in [1.165, 1.54) is 12.1 Å². The fourth-order valence-corrected chi connectivity index (χ4v) is 3.59. The second kappa shape index (κ2) is 9.61. The van der Waals surface area contributed by atoms with E-state index in [2.05, 4.69) is 5.32 Å². The van der Waals surface area contributed by atoms with Gasteiger partial charge in [0.1, 0.15) is 17.3 Å². The topological polar surface area (TPSA) is 67.9 Å². The molecule has 1 aliphatic rings. The van der Waals surface area contributed by atoms with Crippen LogP contribution in [0, 0.1) is 11.2 Å². The Morgan fingerprint density at radius 1 is 1.17 bits per heavy atom. The third-order valence-corrected chi connectivity index (χ3v) is 5.36. The zero-order valence-corrected chi connectivity index (χ0v) is 17.3. The molecule has 2 amide bonds. The predicted molar refractivity (Wildman–Crippen MR) is 111 cm³/mol. The third kappa shape index (κ3) is 5.49. The number of carbonyl (C=O) groups is 2. The van der Waals surface area contributed by atoms with Crippen LogP contribution in [0.5, 0.6) is 11.5 Å². The Labute approximate surface area is 176 Å². The number of piperidine rings is 1. The molecule has 0 bridgehead atoms. The first-order valence-corrected chi connectivity index (χ1v) is 9.97. The van der Waals surface area contributed by atoms with Crippen LogP contribution >= 0.6 is 0 Å². The molecule has 0 radical (unpaired) electrons. The maximum Gasteiger partial charge on any atom is 0.260 e. The van der Waals surface area contributed by atoms with Gasteiger partial charge in [-0.2, -0.15) is 0 Å². The monoisotopic (exact) mass is 414 g/mol. The number of rotatable bonds is 7. The van der Waals surface area contributed by atoms with Gasteiger partial charge in [-0.1, -0.05) is 12.1 Å². The van der Waals surface area contributed by atoms with Crippen molar-refractivity contribution in [3.8, 4) is 11.5 Å². The smallest absolute Gasteiger partial charge is 0.260 e. The van der Waals surface area contributed by atoms with Crippen LogP contribution < -0.4 is 14.8 Å². The van der Waals surface area contributed by atoms with E-state index in [0.717, 1.165) is 6.42 Å². The number of nitrogens with zero attached hydrogens (tertiary/aromatic N) is 1. The van der Waals surface area contributed by atoms with Crippen LogP contribution in [0.1, 0.15) is 25.3 Å². The first-order chi connectivity index (χ1) is 14.4. The molecule has 1 unspecified atom stereocenters. The van der Waals surface area contributed by atoms with Gasteiger partial charge in [-0.25, -0.2) is 4.39 Å². The molecular weight excluding hydrogens is 387 g/mol. The van der Waals surface area contributed by atoms with Gasteiger partial charge >= 0.3 is 0 Å². The first kappa shape index (κ1) is 21.6. The van der Waals surface area contributed by atoms with Crippen LogP contribution in [-0.4, -0.2) is 43.5 Å². The first-order valence-electron chi connectivity index (χ1n) is 9.97. The highest BCUT2D eigenvalue weighted by atomic mass is 19.1. The van der Waals surface area contributed by atoms with Crippen molar-refractivity contribution in [2.45, 2.75) is 26.3 Å². The van der Waals surface area contributed by atoms with Crippen LogP contribution in [0.2, 0.25) is 0 Å². The van der Waals surface area contributed by atoms with Crippen LogP contribution in [0.4, 0.5) is 4.39 Å². The molecule has 30 heavy (non-hydrogen) atoms. The highest BCUT2D eigenvalue weighted by Gasteiger charge is 2.39. The second-order valence-corrected chi connectivity index (χ2v) is 7.76. The average Bonchev–Trinajstić information content (AvgIpc) is 2.76. The van der Waals surface area contributed by atoms with Gasteiger partial charge < -0.3 is 19.7 Å². The maximum atomic E-state index is 13.3. The van der Waals surface area contributed by atoms with E-state index in [4.69, 9.17) is 9.47 Å². The molecule has 1 fully saturated rings. The number of hydrogen-bond acceptors (Lipinski definition) is 4. The summed E-state index contributed by atoms with van der Waals surface area (Å²) in [5.74, 6) is 0.663. The van der Waals surface area contributed by atoms with Gasteiger partial charge in [0.2, 0.25) is 5.91 Å². The number of likely N-dealkylation sites (tertiary alicyclic amines) is 1. The summed E-state index contributed by atoms with van der Waals surface area (Å²) in [5, 5.41) is 2.88. The number of benzene rings is 2. The molecule has 6 nitrogen and oxygen atoms in total. The standard InChI is InChI=1S/C23H27FN2O4/c1-23(22(28)25-14-17-5-3-6-18(24)13-17)11-4-12-26(16-23)21(27)15-30-20-9-7-19(29-2)8-10-20/h3,5-10,13H,4,11-12,14-16H2,1-2H3,(H,25,28). The molecule has 2 aromatic carbocycles. The van der Waals surface area contributed by atoms with E-state index in [9.17, 15) is 14.0 Å². The molecule has 3 rings (SSSR count). The lowest BCUT2D eigenvalue weighted by atomic mass is 9.81. The van der Waals surface area contributed by atoms with Crippen molar-refractivity contribution in [2.24, 2.45) is 5.41 Å². The summed E-state index contributed by atoms with van der Waals surface area (Å²) in [7, 11) is 1.58. The summed E-state index contributed by atoms with van der Waals surface area (Å²) < 4.78 is 24.0. The highest BCUT2D eigenvalue weighted by Crippen LogP contribution is 2.30. The van der Waals surface area contributed by atoms with Gasteiger partial charge in [0.05, 0.1) is 12.5 Å². The molecule has 1 heterocycles. The molecule has 0 saturated carbocycles. The fraction of sp³-hybridized carbons (Fsp3) is 0.391. The quantitative estimate of drug-likeness (QED) is 0.756.